The normalized spacial score (nSPS) is 24.4. The number of nitrogen functional groups attached to an aromatic ring is 1. The SMILES string of the molecule is Cc1cc(S(=O)(=O)N2CC(C)C(N(C)C)C2)ccc1N. The van der Waals surface area contributed by atoms with Crippen LogP contribution in [0.5, 0.6) is 0 Å². The average Bonchev–Trinajstić information content (AvgIpc) is 2.75. The summed E-state index contributed by atoms with van der Waals surface area (Å²) in [4.78, 5) is 2.42. The quantitative estimate of drug-likeness (QED) is 0.850. The van der Waals surface area contributed by atoms with Crippen molar-refractivity contribution < 1.29 is 8.42 Å². The third kappa shape index (κ3) is 2.68. The van der Waals surface area contributed by atoms with Crippen LogP contribution in [0.3, 0.4) is 0 Å². The van der Waals surface area contributed by atoms with Crippen LogP contribution in [0.25, 0.3) is 0 Å². The molecule has 112 valence electrons. The molecule has 1 fully saturated rings. The molecule has 0 saturated carbocycles. The Kier molecular flexibility index (Phi) is 4.09. The maximum absolute atomic E-state index is 12.7. The van der Waals surface area contributed by atoms with Gasteiger partial charge >= 0.3 is 0 Å². The van der Waals surface area contributed by atoms with Crippen LogP contribution in [0.4, 0.5) is 5.69 Å². The standard InChI is InChI=1S/C14H23N3O2S/c1-10-7-12(5-6-13(10)15)20(18,19)17-8-11(2)14(9-17)16(3)4/h5-7,11,14H,8-9,15H2,1-4H3. The molecule has 2 rings (SSSR count). The van der Waals surface area contributed by atoms with Crippen molar-refractivity contribution in [2.45, 2.75) is 24.8 Å². The van der Waals surface area contributed by atoms with E-state index in [0.717, 1.165) is 5.56 Å². The Morgan fingerprint density at radius 1 is 1.30 bits per heavy atom. The topological polar surface area (TPSA) is 66.6 Å². The van der Waals surface area contributed by atoms with Crippen LogP contribution >= 0.6 is 0 Å². The summed E-state index contributed by atoms with van der Waals surface area (Å²) in [6.45, 7) is 5.02. The molecule has 6 heteroatoms. The van der Waals surface area contributed by atoms with Gasteiger partial charge in [0.15, 0.2) is 0 Å². The minimum Gasteiger partial charge on any atom is -0.399 e. The van der Waals surface area contributed by atoms with Crippen LogP contribution in [0, 0.1) is 12.8 Å². The van der Waals surface area contributed by atoms with E-state index in [9.17, 15) is 8.42 Å². The first-order valence-corrected chi connectivity index (χ1v) is 8.20. The molecule has 2 N–H and O–H groups in total. The van der Waals surface area contributed by atoms with E-state index < -0.39 is 10.0 Å². The number of anilines is 1. The van der Waals surface area contributed by atoms with Crippen LogP contribution in [0.15, 0.2) is 23.1 Å². The van der Waals surface area contributed by atoms with Crippen molar-refractivity contribution in [1.82, 2.24) is 9.21 Å². The predicted molar refractivity (Wildman–Crippen MR) is 81.0 cm³/mol. The monoisotopic (exact) mass is 297 g/mol. The van der Waals surface area contributed by atoms with Gasteiger partial charge in [0, 0.05) is 24.8 Å². The largest absolute Gasteiger partial charge is 0.399 e. The molecule has 0 bridgehead atoms. The first-order chi connectivity index (χ1) is 9.23. The summed E-state index contributed by atoms with van der Waals surface area (Å²) < 4.78 is 26.9. The lowest BCUT2D eigenvalue weighted by atomic mass is 10.1. The number of likely N-dealkylation sites (N-methyl/N-ethyl adjacent to an activating group) is 1. The zero-order chi connectivity index (χ0) is 15.1. The molecule has 1 saturated heterocycles. The second-order valence-corrected chi connectivity index (χ2v) is 7.79. The van der Waals surface area contributed by atoms with Crippen LogP contribution in [0.1, 0.15) is 12.5 Å². The third-order valence-electron chi connectivity index (χ3n) is 4.08. The molecule has 1 aromatic rings. The van der Waals surface area contributed by atoms with Crippen molar-refractivity contribution in [3.05, 3.63) is 23.8 Å². The van der Waals surface area contributed by atoms with E-state index in [4.69, 9.17) is 5.73 Å². The maximum Gasteiger partial charge on any atom is 0.243 e. The maximum atomic E-state index is 12.7. The minimum atomic E-state index is -3.43. The number of hydrogen-bond donors (Lipinski definition) is 1. The van der Waals surface area contributed by atoms with Crippen molar-refractivity contribution >= 4 is 15.7 Å². The number of nitrogens with two attached hydrogens (primary N) is 1. The lowest BCUT2D eigenvalue weighted by Crippen LogP contribution is -2.35. The van der Waals surface area contributed by atoms with E-state index in [1.54, 1.807) is 22.5 Å². The van der Waals surface area contributed by atoms with Crippen molar-refractivity contribution in [3.8, 4) is 0 Å². The van der Waals surface area contributed by atoms with Gasteiger partial charge in [0.2, 0.25) is 10.0 Å². The first kappa shape index (κ1) is 15.3. The van der Waals surface area contributed by atoms with Gasteiger partial charge in [-0.25, -0.2) is 8.42 Å². The van der Waals surface area contributed by atoms with E-state index in [1.807, 2.05) is 21.0 Å². The smallest absolute Gasteiger partial charge is 0.243 e. The Morgan fingerprint density at radius 2 is 1.95 bits per heavy atom. The van der Waals surface area contributed by atoms with Gasteiger partial charge in [-0.3, -0.25) is 0 Å². The van der Waals surface area contributed by atoms with Gasteiger partial charge in [0.1, 0.15) is 0 Å². The summed E-state index contributed by atoms with van der Waals surface area (Å²) in [6, 6.07) is 5.16. The van der Waals surface area contributed by atoms with Gasteiger partial charge in [0.05, 0.1) is 4.90 Å². The molecule has 20 heavy (non-hydrogen) atoms. The summed E-state index contributed by atoms with van der Waals surface area (Å²) in [6.07, 6.45) is 0. The summed E-state index contributed by atoms with van der Waals surface area (Å²) in [5, 5.41) is 0. The van der Waals surface area contributed by atoms with Crippen molar-refractivity contribution in [2.75, 3.05) is 32.9 Å². The molecule has 0 aromatic heterocycles. The highest BCUT2D eigenvalue weighted by Crippen LogP contribution is 2.27. The molecule has 2 unspecified atom stereocenters. The fourth-order valence-electron chi connectivity index (χ4n) is 2.73. The third-order valence-corrected chi connectivity index (χ3v) is 5.91. The summed E-state index contributed by atoms with van der Waals surface area (Å²) in [5.74, 6) is 0.328. The predicted octanol–water partition coefficient (Wildman–Crippen LogP) is 1.15. The van der Waals surface area contributed by atoms with Crippen LogP contribution < -0.4 is 5.73 Å². The summed E-state index contributed by atoms with van der Waals surface area (Å²) >= 11 is 0. The number of benzene rings is 1. The molecule has 1 heterocycles. The highest BCUT2D eigenvalue weighted by Gasteiger charge is 2.38. The van der Waals surface area contributed by atoms with E-state index in [0.29, 0.717) is 29.6 Å². The van der Waals surface area contributed by atoms with Gasteiger partial charge in [-0.15, -0.1) is 0 Å². The highest BCUT2D eigenvalue weighted by atomic mass is 32.2. The number of rotatable bonds is 3. The summed E-state index contributed by atoms with van der Waals surface area (Å²) in [5.41, 5.74) is 7.16. The Labute approximate surface area is 121 Å². The molecule has 0 radical (unpaired) electrons. The molecule has 1 aliphatic heterocycles. The Balaban J connectivity index is 2.30. The Morgan fingerprint density at radius 3 is 2.45 bits per heavy atom. The lowest BCUT2D eigenvalue weighted by molar-refractivity contribution is 0.263. The second kappa shape index (κ2) is 5.35. The van der Waals surface area contributed by atoms with E-state index in [-0.39, 0.29) is 6.04 Å². The minimum absolute atomic E-state index is 0.264. The number of nitrogens with zero attached hydrogens (tertiary/aromatic N) is 2. The number of sulfonamides is 1. The van der Waals surface area contributed by atoms with Crippen molar-refractivity contribution in [1.29, 1.82) is 0 Å². The number of hydrogen-bond acceptors (Lipinski definition) is 4. The van der Waals surface area contributed by atoms with Crippen LogP contribution in [-0.4, -0.2) is 50.8 Å². The molecule has 0 amide bonds. The van der Waals surface area contributed by atoms with Crippen LogP contribution in [0.2, 0.25) is 0 Å². The van der Waals surface area contributed by atoms with Gasteiger partial charge < -0.3 is 10.6 Å². The zero-order valence-corrected chi connectivity index (χ0v) is 13.3. The molecule has 0 spiro atoms. The molecule has 2 atom stereocenters. The fraction of sp³-hybridized carbons (Fsp3) is 0.571. The Hall–Kier alpha value is -1.11. The van der Waals surface area contributed by atoms with E-state index in [2.05, 4.69) is 11.8 Å². The van der Waals surface area contributed by atoms with Gasteiger partial charge in [-0.2, -0.15) is 4.31 Å². The van der Waals surface area contributed by atoms with Gasteiger partial charge in [-0.1, -0.05) is 6.92 Å². The molecule has 0 aliphatic carbocycles. The van der Waals surface area contributed by atoms with Gasteiger partial charge in [-0.05, 0) is 50.7 Å². The Bertz CT molecular complexity index is 598. The molecule has 1 aliphatic rings. The van der Waals surface area contributed by atoms with Crippen molar-refractivity contribution in [2.24, 2.45) is 5.92 Å². The molecule has 5 nitrogen and oxygen atoms in total. The molecular formula is C14H23N3O2S. The van der Waals surface area contributed by atoms with Crippen molar-refractivity contribution in [3.63, 3.8) is 0 Å². The fourth-order valence-corrected chi connectivity index (χ4v) is 4.38. The lowest BCUT2D eigenvalue weighted by Gasteiger charge is -2.22. The zero-order valence-electron chi connectivity index (χ0n) is 12.5. The number of aryl methyl sites for hydroxylation is 1. The van der Waals surface area contributed by atoms with E-state index in [1.165, 1.54) is 0 Å². The highest BCUT2D eigenvalue weighted by molar-refractivity contribution is 7.89. The summed E-state index contributed by atoms with van der Waals surface area (Å²) in [7, 11) is 0.555. The molecular weight excluding hydrogens is 274 g/mol. The first-order valence-electron chi connectivity index (χ1n) is 6.76. The van der Waals surface area contributed by atoms with Crippen LogP contribution in [-0.2, 0) is 10.0 Å². The second-order valence-electron chi connectivity index (χ2n) is 5.85. The van der Waals surface area contributed by atoms with Gasteiger partial charge in [0.25, 0.3) is 0 Å². The average molecular weight is 297 g/mol. The van der Waals surface area contributed by atoms with E-state index >= 15 is 0 Å². The molecule has 1 aromatic carbocycles.